The highest BCUT2D eigenvalue weighted by Crippen LogP contribution is 2.26. The second-order valence-electron chi connectivity index (χ2n) is 5.39. The van der Waals surface area contributed by atoms with Crippen molar-refractivity contribution < 1.29 is 0 Å². The Labute approximate surface area is 114 Å². The third kappa shape index (κ3) is 2.38. The van der Waals surface area contributed by atoms with Gasteiger partial charge in [0, 0.05) is 25.2 Å². The Morgan fingerprint density at radius 2 is 2.32 bits per heavy atom. The third-order valence-electron chi connectivity index (χ3n) is 4.17. The largest absolute Gasteiger partial charge is 0.326 e. The van der Waals surface area contributed by atoms with Gasteiger partial charge in [-0.15, -0.1) is 0 Å². The van der Waals surface area contributed by atoms with Crippen molar-refractivity contribution in [3.05, 3.63) is 35.9 Å². The number of fused-ring (bicyclic) bond motifs is 1. The average molecular weight is 258 g/mol. The molecular weight excluding hydrogens is 236 g/mol. The van der Waals surface area contributed by atoms with Gasteiger partial charge in [-0.1, -0.05) is 13.0 Å². The monoisotopic (exact) mass is 258 g/mol. The summed E-state index contributed by atoms with van der Waals surface area (Å²) in [5, 5.41) is 0. The number of piperidine rings is 1. The first-order valence-electron chi connectivity index (χ1n) is 7.20. The number of pyridine rings is 1. The number of imidazole rings is 1. The maximum absolute atomic E-state index is 5.74. The molecule has 0 spiro atoms. The highest BCUT2D eigenvalue weighted by Gasteiger charge is 2.23. The second-order valence-corrected chi connectivity index (χ2v) is 5.39. The number of aromatic nitrogens is 2. The van der Waals surface area contributed by atoms with Crippen LogP contribution in [0.4, 0.5) is 0 Å². The highest BCUT2D eigenvalue weighted by atomic mass is 15.1. The quantitative estimate of drug-likeness (QED) is 0.916. The molecule has 0 aromatic carbocycles. The van der Waals surface area contributed by atoms with E-state index < -0.39 is 0 Å². The van der Waals surface area contributed by atoms with Crippen LogP contribution in [0.15, 0.2) is 24.5 Å². The number of hydrogen-bond donors (Lipinski definition) is 1. The van der Waals surface area contributed by atoms with Gasteiger partial charge in [-0.25, -0.2) is 4.98 Å². The summed E-state index contributed by atoms with van der Waals surface area (Å²) < 4.78 is 2.23. The zero-order valence-corrected chi connectivity index (χ0v) is 11.5. The van der Waals surface area contributed by atoms with E-state index in [1.807, 2.05) is 6.20 Å². The molecule has 4 nitrogen and oxygen atoms in total. The van der Waals surface area contributed by atoms with E-state index in [1.54, 1.807) is 0 Å². The van der Waals surface area contributed by atoms with Crippen LogP contribution >= 0.6 is 0 Å². The van der Waals surface area contributed by atoms with E-state index in [2.05, 4.69) is 39.5 Å². The smallest absolute Gasteiger partial charge is 0.117 e. The van der Waals surface area contributed by atoms with Gasteiger partial charge in [0.15, 0.2) is 0 Å². The lowest BCUT2D eigenvalue weighted by atomic mass is 9.97. The van der Waals surface area contributed by atoms with Crippen LogP contribution in [-0.2, 0) is 6.54 Å². The van der Waals surface area contributed by atoms with Crippen molar-refractivity contribution in [3.8, 4) is 0 Å². The Bertz CT molecular complexity index is 560. The summed E-state index contributed by atoms with van der Waals surface area (Å²) in [6.45, 7) is 6.30. The molecule has 1 aliphatic heterocycles. The maximum atomic E-state index is 5.74. The summed E-state index contributed by atoms with van der Waals surface area (Å²) in [5.41, 5.74) is 8.07. The van der Waals surface area contributed by atoms with E-state index in [9.17, 15) is 0 Å². The molecule has 1 unspecified atom stereocenters. The molecule has 3 heterocycles. The van der Waals surface area contributed by atoms with E-state index >= 15 is 0 Å². The van der Waals surface area contributed by atoms with Gasteiger partial charge in [-0.2, -0.15) is 0 Å². The van der Waals surface area contributed by atoms with Crippen LogP contribution in [0.1, 0.15) is 37.1 Å². The predicted octanol–water partition coefficient (Wildman–Crippen LogP) is 1.99. The summed E-state index contributed by atoms with van der Waals surface area (Å²) >= 11 is 0. The normalized spacial score (nSPS) is 21.1. The molecule has 2 N–H and O–H groups in total. The van der Waals surface area contributed by atoms with Gasteiger partial charge in [0.2, 0.25) is 0 Å². The lowest BCUT2D eigenvalue weighted by Crippen LogP contribution is -2.34. The van der Waals surface area contributed by atoms with Gasteiger partial charge in [0.1, 0.15) is 5.82 Å². The molecule has 0 amide bonds. The average Bonchev–Trinajstić information content (AvgIpc) is 2.90. The summed E-state index contributed by atoms with van der Waals surface area (Å²) in [6.07, 6.45) is 6.62. The summed E-state index contributed by atoms with van der Waals surface area (Å²) in [4.78, 5) is 7.17. The fraction of sp³-hybridized carbons (Fsp3) is 0.533. The van der Waals surface area contributed by atoms with E-state index in [4.69, 9.17) is 5.73 Å². The Morgan fingerprint density at radius 3 is 3.11 bits per heavy atom. The molecule has 2 aromatic heterocycles. The van der Waals surface area contributed by atoms with Crippen molar-refractivity contribution >= 4 is 5.52 Å². The molecule has 19 heavy (non-hydrogen) atoms. The van der Waals surface area contributed by atoms with Gasteiger partial charge >= 0.3 is 0 Å². The van der Waals surface area contributed by atoms with Crippen molar-refractivity contribution in [1.82, 2.24) is 14.3 Å². The lowest BCUT2D eigenvalue weighted by Gasteiger charge is -2.31. The molecule has 1 fully saturated rings. The molecule has 1 atom stereocenters. The van der Waals surface area contributed by atoms with Crippen LogP contribution in [0.5, 0.6) is 0 Å². The molecule has 0 bridgehead atoms. The number of nitrogens with two attached hydrogens (primary N) is 1. The molecule has 4 heteroatoms. The van der Waals surface area contributed by atoms with Crippen LogP contribution in [0.2, 0.25) is 0 Å². The van der Waals surface area contributed by atoms with Crippen LogP contribution in [-0.4, -0.2) is 33.9 Å². The Morgan fingerprint density at radius 1 is 1.42 bits per heavy atom. The SMILES string of the molecule is CCN1CCCC(c2ncc3ccc(CN)cn23)C1. The molecule has 1 saturated heterocycles. The Balaban J connectivity index is 1.95. The molecule has 0 aliphatic carbocycles. The van der Waals surface area contributed by atoms with Crippen LogP contribution in [0.3, 0.4) is 0 Å². The number of likely N-dealkylation sites (tertiary alicyclic amines) is 1. The minimum atomic E-state index is 0.546. The summed E-state index contributed by atoms with van der Waals surface area (Å²) in [6, 6.07) is 4.19. The molecule has 1 aliphatic rings. The number of rotatable bonds is 3. The fourth-order valence-electron chi connectivity index (χ4n) is 3.03. The number of hydrogen-bond acceptors (Lipinski definition) is 3. The van der Waals surface area contributed by atoms with Crippen LogP contribution in [0.25, 0.3) is 5.52 Å². The van der Waals surface area contributed by atoms with Crippen molar-refractivity contribution in [2.75, 3.05) is 19.6 Å². The standard InChI is InChI=1S/C15H22N4/c1-2-18-7-3-4-13(11-18)15-17-9-14-6-5-12(8-16)10-19(14)15/h5-6,9-10,13H,2-4,7-8,11,16H2,1H3. The topological polar surface area (TPSA) is 46.6 Å². The Kier molecular flexibility index (Phi) is 3.53. The third-order valence-corrected chi connectivity index (χ3v) is 4.17. The Hall–Kier alpha value is -1.39. The zero-order chi connectivity index (χ0) is 13.2. The second kappa shape index (κ2) is 5.31. The molecular formula is C15H22N4. The van der Waals surface area contributed by atoms with Gasteiger partial charge in [0.05, 0.1) is 11.7 Å². The van der Waals surface area contributed by atoms with Crippen molar-refractivity contribution in [1.29, 1.82) is 0 Å². The van der Waals surface area contributed by atoms with E-state index in [0.717, 1.165) is 18.7 Å². The van der Waals surface area contributed by atoms with Gasteiger partial charge in [-0.05, 0) is 37.6 Å². The fourth-order valence-corrected chi connectivity index (χ4v) is 3.03. The minimum absolute atomic E-state index is 0.546. The molecule has 0 radical (unpaired) electrons. The maximum Gasteiger partial charge on any atom is 0.117 e. The van der Waals surface area contributed by atoms with Gasteiger partial charge in [-0.3, -0.25) is 0 Å². The first-order chi connectivity index (χ1) is 9.31. The van der Waals surface area contributed by atoms with Crippen molar-refractivity contribution in [2.24, 2.45) is 5.73 Å². The first kappa shape index (κ1) is 12.6. The van der Waals surface area contributed by atoms with Crippen LogP contribution in [0, 0.1) is 0 Å². The summed E-state index contributed by atoms with van der Waals surface area (Å²) in [5.74, 6) is 1.74. The minimum Gasteiger partial charge on any atom is -0.326 e. The summed E-state index contributed by atoms with van der Waals surface area (Å²) in [7, 11) is 0. The molecule has 102 valence electrons. The first-order valence-corrected chi connectivity index (χ1v) is 7.20. The van der Waals surface area contributed by atoms with Gasteiger partial charge < -0.3 is 15.0 Å². The number of nitrogens with zero attached hydrogens (tertiary/aromatic N) is 3. The number of likely N-dealkylation sites (N-methyl/N-ethyl adjacent to an activating group) is 1. The molecule has 0 saturated carbocycles. The van der Waals surface area contributed by atoms with Crippen molar-refractivity contribution in [2.45, 2.75) is 32.2 Å². The van der Waals surface area contributed by atoms with E-state index in [1.165, 1.54) is 30.7 Å². The zero-order valence-electron chi connectivity index (χ0n) is 11.5. The molecule has 2 aromatic rings. The predicted molar refractivity (Wildman–Crippen MR) is 77.2 cm³/mol. The van der Waals surface area contributed by atoms with E-state index in [-0.39, 0.29) is 0 Å². The highest BCUT2D eigenvalue weighted by molar-refractivity contribution is 5.47. The van der Waals surface area contributed by atoms with Crippen molar-refractivity contribution in [3.63, 3.8) is 0 Å². The molecule has 3 rings (SSSR count). The van der Waals surface area contributed by atoms with Crippen LogP contribution < -0.4 is 5.73 Å². The lowest BCUT2D eigenvalue weighted by molar-refractivity contribution is 0.213. The van der Waals surface area contributed by atoms with Gasteiger partial charge in [0.25, 0.3) is 0 Å². The van der Waals surface area contributed by atoms with E-state index in [0.29, 0.717) is 12.5 Å².